The highest BCUT2D eigenvalue weighted by Gasteiger charge is 2.21. The van der Waals surface area contributed by atoms with Crippen LogP contribution in [0.5, 0.6) is 0 Å². The van der Waals surface area contributed by atoms with Gasteiger partial charge in [-0.25, -0.2) is 4.98 Å². The van der Waals surface area contributed by atoms with Gasteiger partial charge in [-0.2, -0.15) is 9.97 Å². The van der Waals surface area contributed by atoms with Crippen LogP contribution in [-0.4, -0.2) is 46.3 Å². The molecule has 3 nitrogen and oxygen atoms in total. The lowest BCUT2D eigenvalue weighted by Crippen LogP contribution is -2.49. The Morgan fingerprint density at radius 2 is 1.00 bits per heavy atom. The van der Waals surface area contributed by atoms with Gasteiger partial charge in [0.1, 0.15) is 31.4 Å². The maximum absolute atomic E-state index is 6.64. The Hall–Kier alpha value is -4.34. The van der Waals surface area contributed by atoms with E-state index >= 15 is 0 Å². The quantitative estimate of drug-likeness (QED) is 0.254. The van der Waals surface area contributed by atoms with E-state index in [0.29, 0.717) is 11.6 Å². The van der Waals surface area contributed by atoms with Crippen molar-refractivity contribution in [2.45, 2.75) is 0 Å². The predicted octanol–water partition coefficient (Wildman–Crippen LogP) is 2.02. The van der Waals surface area contributed by atoms with Crippen molar-refractivity contribution in [2.75, 3.05) is 0 Å². The number of hydrogen-bond acceptors (Lipinski definition) is 3. The van der Waals surface area contributed by atoms with Crippen LogP contribution in [0.4, 0.5) is 0 Å². The van der Waals surface area contributed by atoms with Crippen molar-refractivity contribution in [3.05, 3.63) is 102 Å². The molecule has 1 aromatic heterocycles. The van der Waals surface area contributed by atoms with E-state index in [1.807, 2.05) is 0 Å². The normalized spacial score (nSPS) is 11.4. The average molecular weight is 541 g/mol. The molecule has 1 heterocycles. The van der Waals surface area contributed by atoms with Crippen LogP contribution in [0, 0.1) is 0 Å². The van der Waals surface area contributed by atoms with Gasteiger partial charge in [-0.1, -0.05) is 95.9 Å². The molecule has 0 fully saturated rings. The minimum atomic E-state index is 0.183. The molecule has 0 spiro atoms. The van der Waals surface area contributed by atoms with E-state index in [-0.39, 0.29) is 5.28 Å². The lowest BCUT2D eigenvalue weighted by molar-refractivity contribution is 1.07. The first-order valence-corrected chi connectivity index (χ1v) is 14.2. The van der Waals surface area contributed by atoms with Gasteiger partial charge in [0.15, 0.2) is 11.6 Å². The highest BCUT2D eigenvalue weighted by Crippen LogP contribution is 2.32. The zero-order chi connectivity index (χ0) is 28.2. The number of hydrogen-bond donors (Lipinski definition) is 0. The van der Waals surface area contributed by atoms with Gasteiger partial charge in [-0.15, -0.1) is 10.9 Å². The van der Waals surface area contributed by atoms with Crippen molar-refractivity contribution in [3.8, 4) is 33.9 Å². The molecule has 7 aromatic rings. The van der Waals surface area contributed by atoms with E-state index in [4.69, 9.17) is 21.6 Å². The highest BCUT2D eigenvalue weighted by molar-refractivity contribution is 6.65. The molecule has 0 unspecified atom stereocenters. The van der Waals surface area contributed by atoms with Gasteiger partial charge in [-0.05, 0) is 67.2 Å². The molecule has 0 aliphatic carbocycles. The fourth-order valence-corrected chi connectivity index (χ4v) is 6.19. The van der Waals surface area contributed by atoms with Crippen LogP contribution < -0.4 is 21.9 Å². The van der Waals surface area contributed by atoms with Gasteiger partial charge in [0.25, 0.3) is 0 Å². The molecule has 7 rings (SSSR count). The number of fused-ring (bicyclic) bond motifs is 4. The summed E-state index contributed by atoms with van der Waals surface area (Å²) in [4.78, 5) is 14.4. The van der Waals surface area contributed by atoms with E-state index in [0.717, 1.165) is 33.1 Å². The zero-order valence-electron chi connectivity index (χ0n) is 23.5. The molecule has 41 heavy (non-hydrogen) atoms. The van der Waals surface area contributed by atoms with E-state index in [1.54, 1.807) is 0 Å². The van der Waals surface area contributed by atoms with Gasteiger partial charge in [0.05, 0.1) is 0 Å². The number of nitrogens with zero attached hydrogens (tertiary/aromatic N) is 3. The van der Waals surface area contributed by atoms with Crippen molar-refractivity contribution < 1.29 is 0 Å². The van der Waals surface area contributed by atoms with Gasteiger partial charge in [0.2, 0.25) is 5.28 Å². The summed E-state index contributed by atoms with van der Waals surface area (Å²) in [5, 5.41) is 7.33. The fraction of sp³-hybridized carbons (Fsp3) is 0. The second-order valence-electron chi connectivity index (χ2n) is 10.8. The molecule has 0 saturated carbocycles. The summed E-state index contributed by atoms with van der Waals surface area (Å²) in [5.41, 5.74) is 9.05. The molecule has 8 heteroatoms. The summed E-state index contributed by atoms with van der Waals surface area (Å²) >= 11 is 6.64. The summed E-state index contributed by atoms with van der Waals surface area (Å²) in [5.74, 6) is 1.15. The second-order valence-corrected chi connectivity index (χ2v) is 11.1. The molecule has 0 saturated heterocycles. The molecule has 0 bridgehead atoms. The summed E-state index contributed by atoms with van der Waals surface area (Å²) in [7, 11) is 8.70. The third-order valence-corrected chi connectivity index (χ3v) is 8.73. The number of halogens is 1. The van der Waals surface area contributed by atoms with Gasteiger partial charge in [-0.3, -0.25) is 0 Å². The van der Waals surface area contributed by atoms with Crippen molar-refractivity contribution in [1.29, 1.82) is 0 Å². The Kier molecular flexibility index (Phi) is 6.21. The van der Waals surface area contributed by atoms with E-state index in [2.05, 4.69) is 133 Å². The molecule has 6 aromatic carbocycles. The molecule has 0 aliphatic rings. The summed E-state index contributed by atoms with van der Waals surface area (Å²) < 4.78 is 0. The first-order chi connectivity index (χ1) is 19.9. The summed E-state index contributed by atoms with van der Waals surface area (Å²) in [6.45, 7) is 0. The predicted molar refractivity (Wildman–Crippen MR) is 186 cm³/mol. The van der Waals surface area contributed by atoms with E-state index in [1.165, 1.54) is 43.3 Å². The zero-order valence-corrected chi connectivity index (χ0v) is 24.2. The first kappa shape index (κ1) is 25.6. The van der Waals surface area contributed by atoms with E-state index < -0.39 is 0 Å². The van der Waals surface area contributed by atoms with Gasteiger partial charge < -0.3 is 0 Å². The Morgan fingerprint density at radius 1 is 0.439 bits per heavy atom. The van der Waals surface area contributed by atoms with Crippen LogP contribution in [0.2, 0.25) is 5.28 Å². The maximum Gasteiger partial charge on any atom is 0.226 e. The monoisotopic (exact) mass is 541 g/mol. The van der Waals surface area contributed by atoms with Crippen molar-refractivity contribution in [3.63, 3.8) is 0 Å². The standard InChI is InChI=1S/C33H24B4ClN3/c34-27-25(21-13-9-17-5-1-2-7-20(17)15-21)26(28(35)30(37)29(27)36)32-39-31(40-33(38)41-32)22-14-12-19-11-10-18-6-3-4-8-23(18)24(19)16-22/h1-16H,34-37H2. The molecule has 0 amide bonds. The van der Waals surface area contributed by atoms with E-state index in [9.17, 15) is 0 Å². The highest BCUT2D eigenvalue weighted by atomic mass is 35.5. The van der Waals surface area contributed by atoms with Crippen molar-refractivity contribution in [2.24, 2.45) is 0 Å². The SMILES string of the molecule is Bc1c(B)c(B)c(-c2nc(Cl)nc(-c3ccc4ccc5ccccc5c4c3)n2)c(-c2ccc3ccccc3c2)c1B. The lowest BCUT2D eigenvalue weighted by Gasteiger charge is -2.22. The van der Waals surface area contributed by atoms with Crippen molar-refractivity contribution >= 4 is 97.2 Å². The third-order valence-electron chi connectivity index (χ3n) is 8.56. The maximum atomic E-state index is 6.64. The minimum Gasteiger partial charge on any atom is -0.208 e. The molecular weight excluding hydrogens is 517 g/mol. The van der Waals surface area contributed by atoms with Crippen LogP contribution in [0.1, 0.15) is 0 Å². The van der Waals surface area contributed by atoms with Crippen LogP contribution in [0.25, 0.3) is 66.2 Å². The second kappa shape index (κ2) is 9.94. The third kappa shape index (κ3) is 4.32. The molecular formula is C33H24B4ClN3. The Balaban J connectivity index is 1.47. The first-order valence-electron chi connectivity index (χ1n) is 13.8. The Bertz CT molecular complexity index is 2180. The summed E-state index contributed by atoms with van der Waals surface area (Å²) in [6.07, 6.45) is 0. The largest absolute Gasteiger partial charge is 0.226 e. The number of aromatic nitrogens is 3. The van der Waals surface area contributed by atoms with Crippen molar-refractivity contribution in [1.82, 2.24) is 15.0 Å². The molecule has 0 aliphatic heterocycles. The van der Waals surface area contributed by atoms with Crippen LogP contribution >= 0.6 is 11.6 Å². The fourth-order valence-electron chi connectivity index (χ4n) is 6.03. The Morgan fingerprint density at radius 3 is 1.78 bits per heavy atom. The van der Waals surface area contributed by atoms with Crippen LogP contribution in [-0.2, 0) is 0 Å². The molecule has 0 N–H and O–H groups in total. The topological polar surface area (TPSA) is 38.7 Å². The smallest absolute Gasteiger partial charge is 0.208 e. The van der Waals surface area contributed by atoms with Gasteiger partial charge in [0, 0.05) is 11.1 Å². The number of benzene rings is 6. The van der Waals surface area contributed by atoms with Crippen LogP contribution in [0.15, 0.2) is 97.1 Å². The lowest BCUT2D eigenvalue weighted by atomic mass is 9.62. The molecule has 0 radical (unpaired) electrons. The van der Waals surface area contributed by atoms with Gasteiger partial charge >= 0.3 is 0 Å². The summed E-state index contributed by atoms with van der Waals surface area (Å²) in [6, 6.07) is 34.2. The average Bonchev–Trinajstić information content (AvgIpc) is 3.00. The molecule has 190 valence electrons. The Labute approximate surface area is 247 Å². The minimum absolute atomic E-state index is 0.183. The molecule has 0 atom stereocenters. The number of rotatable bonds is 3. The van der Waals surface area contributed by atoms with Crippen LogP contribution in [0.3, 0.4) is 0 Å².